The summed E-state index contributed by atoms with van der Waals surface area (Å²) < 4.78 is 9.31. The van der Waals surface area contributed by atoms with E-state index in [-0.39, 0.29) is 47.5 Å². The normalized spacial score (nSPS) is 10.3. The molecule has 0 saturated carbocycles. The van der Waals surface area contributed by atoms with Crippen LogP contribution in [-0.4, -0.2) is 39.5 Å². The molecule has 0 unspecified atom stereocenters. The molecule has 4 aromatic heterocycles. The van der Waals surface area contributed by atoms with E-state index in [2.05, 4.69) is 230 Å². The number of aromatic amines is 4. The Morgan fingerprint density at radius 1 is 0.319 bits per heavy atom. The minimum absolute atomic E-state index is 0. The van der Waals surface area contributed by atoms with Gasteiger partial charge in [-0.05, 0) is 216 Å². The van der Waals surface area contributed by atoms with E-state index in [9.17, 15) is 28.8 Å². The summed E-state index contributed by atoms with van der Waals surface area (Å²) in [5, 5.41) is 25.2. The van der Waals surface area contributed by atoms with E-state index in [1.165, 1.54) is 64.6 Å². The Hall–Kier alpha value is -11.7. The van der Waals surface area contributed by atoms with Gasteiger partial charge in [0.1, 0.15) is 4.03 Å². The first-order chi connectivity index (χ1) is 69.1. The van der Waals surface area contributed by atoms with Crippen LogP contribution in [0.5, 0.6) is 0 Å². The number of carbonyl (C=O) groups is 2. The number of H-pyrrole nitrogens is 4. The molecule has 13 aromatic carbocycles. The van der Waals surface area contributed by atoms with Crippen LogP contribution in [0.4, 0.5) is 0 Å². The van der Waals surface area contributed by atoms with Gasteiger partial charge in [0.05, 0.1) is 58.0 Å². The van der Waals surface area contributed by atoms with Crippen molar-refractivity contribution in [3.05, 3.63) is 455 Å². The molecule has 0 saturated heterocycles. The number of cyclic esters (lactones) is 2. The van der Waals surface area contributed by atoms with Crippen molar-refractivity contribution in [2.75, 3.05) is 0 Å². The zero-order valence-electron chi connectivity index (χ0n) is 84.2. The van der Waals surface area contributed by atoms with Crippen molar-refractivity contribution in [3.63, 3.8) is 0 Å². The predicted molar refractivity (Wildman–Crippen MR) is 644 cm³/mol. The molecule has 144 heavy (non-hydrogen) atoms. The van der Waals surface area contributed by atoms with Crippen molar-refractivity contribution in [1.82, 2.24) is 19.9 Å². The standard InChI is InChI=1S/4C16H11NO.C9H6O3.C8H6BrN.C8H7N.2C7H7Br.8C2H6.2CH4.BHNS.Br3P/c4*18-16-13-8-4-3-7-12(13)14-9-10-5-1-2-6-11(10)15(14)17-16;10-8-5-6-3-1-2-4-7(6)9(11)12-8;9-5-7-3-1-2-4-8(7)6-10;1-7-4-2-3-5-8(7)6-9;2*1-6-4-2-3-5-7(6)8;8*1-2;;;1-2-3;1-4(2)3/h4*1-8H,9H2,(H,17,18);1-4H,5H2;1-4H,5H2;2-5H,1H3;2*2-5H,1H3;8*1-2H3;2*1H4;3H;. The van der Waals surface area contributed by atoms with Crippen molar-refractivity contribution in [1.29, 1.82) is 10.5 Å². The number of hydrogen-bond acceptors (Lipinski definition) is 11. The SMILES string of the molecule is BrP(Br)Br.C.C.CC.CC.CC.CC.CC.CC.CC.CC.Cc1ccccc1Br.Cc1ccccc1Br.Cc1ccccc1C#N.N#Cc1ccccc1CBr.O=C1Cc2ccccc2C(=O)O1.O=c1[nH]c2c(c3ccccc13)Cc1ccccc1-2.O=c1[nH]c2c(c3ccccc13)Cc1ccccc1-2.O=c1[nH]c2c(c3ccccc13)Cc1ccccc1-2.O=c1[nH]c2c(c3ccccc13)Cc1ccccc1-2.[B]=NS. The maximum absolute atomic E-state index is 12.1. The third kappa shape index (κ3) is 36.2. The fourth-order valence-electron chi connectivity index (χ4n) is 15.2. The number of thiol groups is 1. The number of pyridine rings is 4. The Morgan fingerprint density at radius 2 is 0.528 bits per heavy atom. The number of rotatable bonds is 1. The van der Waals surface area contributed by atoms with Crippen LogP contribution in [0.3, 0.4) is 0 Å². The zero-order chi connectivity index (χ0) is 105. The summed E-state index contributed by atoms with van der Waals surface area (Å²) in [7, 11) is 4.34. The van der Waals surface area contributed by atoms with Crippen LogP contribution in [0.25, 0.3) is 88.1 Å². The topological polar surface area (TPSA) is 235 Å². The van der Waals surface area contributed by atoms with Crippen LogP contribution in [0.1, 0.15) is 219 Å². The van der Waals surface area contributed by atoms with E-state index in [0.29, 0.717) is 5.56 Å². The van der Waals surface area contributed by atoms with Gasteiger partial charge < -0.3 is 24.7 Å². The first kappa shape index (κ1) is 128. The number of ether oxygens (including phenoxy) is 1. The number of nitrogens with zero attached hydrogens (tertiary/aromatic N) is 3. The number of fused-ring (bicyclic) bond motifs is 21. The number of nitriles is 2. The van der Waals surface area contributed by atoms with Gasteiger partial charge in [-0.1, -0.05) is 434 Å². The molecule has 17 aromatic rings. The summed E-state index contributed by atoms with van der Waals surface area (Å²) in [6.07, 6.45) is 3.82. The number of benzene rings is 13. The van der Waals surface area contributed by atoms with Crippen molar-refractivity contribution in [2.45, 2.75) is 184 Å². The van der Waals surface area contributed by atoms with E-state index in [0.717, 1.165) is 147 Å². The molecule has 0 atom stereocenters. The van der Waals surface area contributed by atoms with Crippen molar-refractivity contribution < 1.29 is 14.3 Å². The second kappa shape index (κ2) is 71.0. The quantitative estimate of drug-likeness (QED) is 0.0262. The van der Waals surface area contributed by atoms with Gasteiger partial charge >= 0.3 is 36.7 Å². The molecule has 14 nitrogen and oxygen atoms in total. The van der Waals surface area contributed by atoms with E-state index >= 15 is 0 Å². The maximum atomic E-state index is 12.1. The molecule has 1 radical (unpaired) electrons. The van der Waals surface area contributed by atoms with Crippen molar-refractivity contribution in [2.24, 2.45) is 4.30 Å². The number of aromatic nitrogens is 4. The molecule has 0 amide bonds. The number of carbonyl (C=O) groups excluding carboxylic acids is 2. The first-order valence-corrected chi connectivity index (χ1v) is 58.1. The molecule has 5 aliphatic rings. The monoisotopic (exact) mass is 2340 g/mol. The van der Waals surface area contributed by atoms with Crippen molar-refractivity contribution in [3.8, 4) is 57.2 Å². The summed E-state index contributed by atoms with van der Waals surface area (Å²) in [6, 6.07) is 107. The molecular formula is C121H134BBr6N7O7PS. The van der Waals surface area contributed by atoms with Gasteiger partial charge in [0, 0.05) is 83.8 Å². The molecule has 4 N–H and O–H groups in total. The second-order valence-corrected chi connectivity index (χ2v) is 46.8. The van der Waals surface area contributed by atoms with Gasteiger partial charge in [-0.25, -0.2) is 4.79 Å². The summed E-state index contributed by atoms with van der Waals surface area (Å²) >= 11 is 22.8. The van der Waals surface area contributed by atoms with E-state index < -0.39 is 11.9 Å². The Bertz CT molecular complexity index is 6600. The molecule has 751 valence electrons. The van der Waals surface area contributed by atoms with Gasteiger partial charge in [-0.15, -0.1) is 0 Å². The number of nitrogens with one attached hydrogen (secondary N) is 4. The molecule has 4 aliphatic carbocycles. The Kier molecular flexibility index (Phi) is 63.3. The van der Waals surface area contributed by atoms with E-state index in [1.807, 2.05) is 348 Å². The van der Waals surface area contributed by atoms with Crippen LogP contribution in [0.15, 0.2) is 348 Å². The molecular weight excluding hydrogens is 2220 g/mol. The third-order valence-electron chi connectivity index (χ3n) is 21.2. The zero-order valence-corrected chi connectivity index (χ0v) is 95.5. The van der Waals surface area contributed by atoms with Crippen LogP contribution in [-0.2, 0) is 47.0 Å². The molecule has 0 bridgehead atoms. The average Bonchev–Trinajstić information content (AvgIpc) is 1.57. The van der Waals surface area contributed by atoms with Crippen LogP contribution < -0.4 is 22.2 Å². The van der Waals surface area contributed by atoms with Gasteiger partial charge in [0.15, 0.2) is 0 Å². The summed E-state index contributed by atoms with van der Waals surface area (Å²) in [4.78, 5) is 82.3. The minimum atomic E-state index is -0.540. The molecule has 1 aliphatic heterocycles. The number of halogens is 6. The molecule has 0 fully saturated rings. The van der Waals surface area contributed by atoms with Crippen LogP contribution >= 0.6 is 111 Å². The first-order valence-electron chi connectivity index (χ1n) is 47.6. The van der Waals surface area contributed by atoms with Gasteiger partial charge in [0.25, 0.3) is 22.2 Å². The number of hydrogen-bond donors (Lipinski definition) is 5. The van der Waals surface area contributed by atoms with Crippen molar-refractivity contribution >= 4 is 174 Å². The summed E-state index contributed by atoms with van der Waals surface area (Å²) in [5.74, 6) is -1.01. The van der Waals surface area contributed by atoms with Gasteiger partial charge in [0.2, 0.25) is 0 Å². The predicted octanol–water partition coefficient (Wildman–Crippen LogP) is 36.2. The van der Waals surface area contributed by atoms with Crippen LogP contribution in [0, 0.1) is 43.4 Å². The van der Waals surface area contributed by atoms with E-state index in [4.69, 9.17) is 10.5 Å². The van der Waals surface area contributed by atoms with Crippen LogP contribution in [0.2, 0.25) is 0 Å². The molecule has 22 rings (SSSR count). The Balaban J connectivity index is 0.000000539. The fourth-order valence-corrected chi connectivity index (χ4v) is 16.3. The number of esters is 2. The summed E-state index contributed by atoms with van der Waals surface area (Å²) in [6.45, 7) is 38.1. The Morgan fingerprint density at radius 3 is 0.757 bits per heavy atom. The Labute approximate surface area is 910 Å². The average molecular weight is 2350 g/mol. The number of aryl methyl sites for hydroxylation is 3. The van der Waals surface area contributed by atoms with Gasteiger partial charge in [-0.3, -0.25) is 24.0 Å². The number of alkyl halides is 1. The molecule has 0 spiro atoms. The molecule has 23 heteroatoms. The van der Waals surface area contributed by atoms with Gasteiger partial charge in [-0.2, -0.15) is 10.5 Å². The third-order valence-corrected chi connectivity index (χ3v) is 23.6. The second-order valence-electron chi connectivity index (χ2n) is 29.0. The summed E-state index contributed by atoms with van der Waals surface area (Å²) in [5.41, 5.74) is 26.2. The fraction of sp³-hybridized carbons (Fsp3) is 0.223. The van der Waals surface area contributed by atoms with E-state index in [1.54, 1.807) is 24.3 Å². The molecule has 5 heterocycles.